The van der Waals surface area contributed by atoms with Gasteiger partial charge in [0.1, 0.15) is 5.15 Å². The zero-order valence-electron chi connectivity index (χ0n) is 8.95. The molecule has 19 heavy (non-hydrogen) atoms. The lowest BCUT2D eigenvalue weighted by molar-refractivity contribution is -0.0126. The minimum atomic E-state index is -5.03. The van der Waals surface area contributed by atoms with Crippen LogP contribution in [0.2, 0.25) is 5.15 Å². The number of hydrogen-bond donors (Lipinski definition) is 5. The van der Waals surface area contributed by atoms with E-state index in [1.165, 1.54) is 12.1 Å². The largest absolute Gasteiger partial charge is 0.473 e. The fraction of sp³-hybridized carbons (Fsp3) is 0.167. The lowest BCUT2D eigenvalue weighted by atomic mass is 10.4. The fourth-order valence-electron chi connectivity index (χ4n) is 0.919. The van der Waals surface area contributed by atoms with Gasteiger partial charge in [-0.25, -0.2) is 23.2 Å². The Balaban J connectivity index is 2.82. The molecule has 0 radical (unpaired) electrons. The lowest BCUT2D eigenvalue weighted by Crippen LogP contribution is -2.24. The summed E-state index contributed by atoms with van der Waals surface area (Å²) in [7, 11) is -10.1. The number of nitrogens with zero attached hydrogens (tertiary/aromatic N) is 1. The molecule has 0 spiro atoms. The monoisotopic (exact) mass is 334 g/mol. The smallest absolute Gasteiger partial charge is 0.335 e. The SMILES string of the molecule is O=P(O)(O)OC(Nc1ccc(Cl)nc1)OP(=O)(O)O. The molecule has 108 valence electrons. The van der Waals surface area contributed by atoms with Crippen LogP contribution in [0.25, 0.3) is 0 Å². The summed E-state index contributed by atoms with van der Waals surface area (Å²) in [5, 5.41) is 2.32. The van der Waals surface area contributed by atoms with E-state index in [0.29, 0.717) is 0 Å². The van der Waals surface area contributed by atoms with Crippen LogP contribution in [0.4, 0.5) is 5.69 Å². The van der Waals surface area contributed by atoms with Crippen LogP contribution in [-0.4, -0.2) is 31.0 Å². The summed E-state index contributed by atoms with van der Waals surface area (Å²) < 4.78 is 29.3. The van der Waals surface area contributed by atoms with Crippen molar-refractivity contribution >= 4 is 32.9 Å². The second-order valence-electron chi connectivity index (χ2n) is 3.04. The second kappa shape index (κ2) is 6.27. The van der Waals surface area contributed by atoms with E-state index >= 15 is 0 Å². The molecule has 0 amide bonds. The van der Waals surface area contributed by atoms with Crippen molar-refractivity contribution in [3.05, 3.63) is 23.5 Å². The van der Waals surface area contributed by atoms with Crippen LogP contribution in [-0.2, 0) is 18.2 Å². The molecule has 0 aromatic carbocycles. The fourth-order valence-corrected chi connectivity index (χ4v) is 1.79. The molecule has 1 rings (SSSR count). The molecule has 1 aromatic heterocycles. The van der Waals surface area contributed by atoms with E-state index in [2.05, 4.69) is 19.3 Å². The highest BCUT2D eigenvalue weighted by Crippen LogP contribution is 2.44. The second-order valence-corrected chi connectivity index (χ2v) is 5.81. The van der Waals surface area contributed by atoms with E-state index in [4.69, 9.17) is 31.2 Å². The summed E-state index contributed by atoms with van der Waals surface area (Å²) in [4.78, 5) is 38.0. The summed E-state index contributed by atoms with van der Waals surface area (Å²) in [6, 6.07) is 2.66. The maximum atomic E-state index is 10.6. The molecule has 0 atom stereocenters. The van der Waals surface area contributed by atoms with Gasteiger partial charge in [-0.15, -0.1) is 0 Å². The first-order valence-electron chi connectivity index (χ1n) is 4.41. The highest BCUT2D eigenvalue weighted by atomic mass is 35.5. The Hall–Kier alpha value is -0.540. The number of anilines is 1. The highest BCUT2D eigenvalue weighted by molar-refractivity contribution is 7.47. The molecule has 1 aromatic rings. The zero-order chi connectivity index (χ0) is 14.7. The zero-order valence-corrected chi connectivity index (χ0v) is 11.5. The molecular formula is C6H9ClN2O8P2. The van der Waals surface area contributed by atoms with Crippen molar-refractivity contribution in [2.45, 2.75) is 6.41 Å². The molecule has 1 heterocycles. The number of nitrogens with one attached hydrogen (secondary N) is 1. The van der Waals surface area contributed by atoms with Gasteiger partial charge in [-0.05, 0) is 12.1 Å². The van der Waals surface area contributed by atoms with Crippen molar-refractivity contribution in [1.29, 1.82) is 0 Å². The van der Waals surface area contributed by atoms with Gasteiger partial charge < -0.3 is 24.9 Å². The van der Waals surface area contributed by atoms with Crippen molar-refractivity contribution in [3.8, 4) is 0 Å². The normalized spacial score (nSPS) is 12.7. The van der Waals surface area contributed by atoms with Crippen LogP contribution >= 0.6 is 27.2 Å². The van der Waals surface area contributed by atoms with Crippen molar-refractivity contribution in [3.63, 3.8) is 0 Å². The standard InChI is InChI=1S/C6H9ClN2O8P2/c7-5-2-1-4(3-8-5)9-6(16-18(10,11)12)17-19(13,14)15/h1-3,6,9H,(H2,10,11,12)(H2,13,14,15). The molecule has 5 N–H and O–H groups in total. The molecule has 0 bridgehead atoms. The number of phosphoric acid groups is 2. The molecule has 0 aliphatic heterocycles. The number of rotatable bonds is 6. The Labute approximate surface area is 111 Å². The Bertz CT molecular complexity index is 488. The minimum absolute atomic E-state index is 0.108. The first kappa shape index (κ1) is 16.5. The average molecular weight is 335 g/mol. The quantitative estimate of drug-likeness (QED) is 0.284. The predicted octanol–water partition coefficient (Wildman–Crippen LogP) is 0.649. The van der Waals surface area contributed by atoms with E-state index in [-0.39, 0.29) is 10.8 Å². The molecular weight excluding hydrogens is 325 g/mol. The average Bonchev–Trinajstić information content (AvgIpc) is 2.16. The summed E-state index contributed by atoms with van der Waals surface area (Å²) in [5.41, 5.74) is 0.108. The van der Waals surface area contributed by atoms with Gasteiger partial charge in [-0.1, -0.05) is 11.6 Å². The molecule has 0 fully saturated rings. The topological polar surface area (TPSA) is 158 Å². The number of phosphoric ester groups is 2. The molecule has 0 unspecified atom stereocenters. The van der Waals surface area contributed by atoms with E-state index in [1.54, 1.807) is 0 Å². The summed E-state index contributed by atoms with van der Waals surface area (Å²) in [6.45, 7) is 0. The van der Waals surface area contributed by atoms with Gasteiger partial charge in [0.05, 0.1) is 11.9 Å². The van der Waals surface area contributed by atoms with Gasteiger partial charge in [0.2, 0.25) is 0 Å². The maximum Gasteiger partial charge on any atom is 0.473 e. The van der Waals surface area contributed by atoms with Gasteiger partial charge in [0, 0.05) is 0 Å². The first-order chi connectivity index (χ1) is 8.55. The van der Waals surface area contributed by atoms with Gasteiger partial charge in [0.15, 0.2) is 0 Å². The van der Waals surface area contributed by atoms with Gasteiger partial charge >= 0.3 is 15.6 Å². The van der Waals surface area contributed by atoms with Crippen molar-refractivity contribution in [2.24, 2.45) is 0 Å². The van der Waals surface area contributed by atoms with Gasteiger partial charge in [-0.3, -0.25) is 0 Å². The van der Waals surface area contributed by atoms with Crippen LogP contribution in [0.5, 0.6) is 0 Å². The molecule has 0 saturated carbocycles. The summed E-state index contributed by atoms with van der Waals surface area (Å²) in [6.07, 6.45) is -0.939. The Morgan fingerprint density at radius 3 is 2.05 bits per heavy atom. The molecule has 10 nitrogen and oxygen atoms in total. The first-order valence-corrected chi connectivity index (χ1v) is 7.85. The lowest BCUT2D eigenvalue weighted by Gasteiger charge is -2.20. The molecule has 0 aliphatic rings. The molecule has 0 saturated heterocycles. The number of aromatic nitrogens is 1. The number of hydrogen-bond acceptors (Lipinski definition) is 6. The van der Waals surface area contributed by atoms with E-state index in [0.717, 1.165) is 6.20 Å². The predicted molar refractivity (Wildman–Crippen MR) is 62.9 cm³/mol. The third-order valence-electron chi connectivity index (χ3n) is 1.48. The van der Waals surface area contributed by atoms with Crippen LogP contribution < -0.4 is 5.32 Å². The van der Waals surface area contributed by atoms with Crippen molar-refractivity contribution in [2.75, 3.05) is 5.32 Å². The van der Waals surface area contributed by atoms with Gasteiger partial charge in [-0.2, -0.15) is 0 Å². The highest BCUT2D eigenvalue weighted by Gasteiger charge is 2.29. The minimum Gasteiger partial charge on any atom is -0.335 e. The van der Waals surface area contributed by atoms with E-state index < -0.39 is 22.1 Å². The number of halogens is 1. The Morgan fingerprint density at radius 1 is 1.16 bits per heavy atom. The Morgan fingerprint density at radius 2 is 1.68 bits per heavy atom. The van der Waals surface area contributed by atoms with Crippen molar-refractivity contribution in [1.82, 2.24) is 4.98 Å². The number of pyridine rings is 1. The van der Waals surface area contributed by atoms with Gasteiger partial charge in [0.25, 0.3) is 6.41 Å². The van der Waals surface area contributed by atoms with E-state index in [9.17, 15) is 9.13 Å². The van der Waals surface area contributed by atoms with Crippen LogP contribution in [0.1, 0.15) is 0 Å². The van der Waals surface area contributed by atoms with Crippen LogP contribution in [0.15, 0.2) is 18.3 Å². The summed E-state index contributed by atoms with van der Waals surface area (Å²) >= 11 is 5.51. The maximum absolute atomic E-state index is 10.6. The van der Waals surface area contributed by atoms with Crippen molar-refractivity contribution < 1.29 is 37.8 Å². The molecule has 13 heteroatoms. The summed E-state index contributed by atoms with van der Waals surface area (Å²) in [5.74, 6) is 0. The van der Waals surface area contributed by atoms with Crippen LogP contribution in [0, 0.1) is 0 Å². The van der Waals surface area contributed by atoms with Crippen LogP contribution in [0.3, 0.4) is 0 Å². The molecule has 0 aliphatic carbocycles. The Kier molecular flexibility index (Phi) is 5.45. The third-order valence-corrected chi connectivity index (χ3v) is 2.63. The van der Waals surface area contributed by atoms with E-state index in [1.807, 2.05) is 0 Å². The third kappa shape index (κ3) is 7.58.